The quantitative estimate of drug-likeness (QED) is 0.140. The highest BCUT2D eigenvalue weighted by Crippen LogP contribution is 2.54. The van der Waals surface area contributed by atoms with Gasteiger partial charge in [-0.05, 0) is 197 Å². The van der Waals surface area contributed by atoms with Crippen LogP contribution in [0.1, 0.15) is 189 Å². The van der Waals surface area contributed by atoms with Crippen molar-refractivity contribution in [1.82, 2.24) is 0 Å². The van der Waals surface area contributed by atoms with Crippen LogP contribution in [0.15, 0.2) is 188 Å². The van der Waals surface area contributed by atoms with Crippen LogP contribution >= 0.6 is 0 Å². The van der Waals surface area contributed by atoms with E-state index in [2.05, 4.69) is 290 Å². The topological polar surface area (TPSA) is 6.48 Å². The van der Waals surface area contributed by atoms with Crippen molar-refractivity contribution in [3.63, 3.8) is 0 Å². The molecule has 0 atom stereocenters. The van der Waals surface area contributed by atoms with Gasteiger partial charge >= 0.3 is 0 Å². The highest BCUT2D eigenvalue weighted by atomic mass is 15.2. The molecule has 0 unspecified atom stereocenters. The van der Waals surface area contributed by atoms with Crippen molar-refractivity contribution in [2.75, 3.05) is 9.80 Å². The van der Waals surface area contributed by atoms with Gasteiger partial charge in [0.2, 0.25) is 0 Å². The van der Waals surface area contributed by atoms with Crippen LogP contribution in [0, 0.1) is 6.85 Å². The Bertz CT molecular complexity index is 4180. The molecule has 0 aromatic heterocycles. The van der Waals surface area contributed by atoms with E-state index < -0.39 is 6.85 Å². The molecule has 13 rings (SSSR count). The fourth-order valence-electron chi connectivity index (χ4n) is 15.1. The van der Waals surface area contributed by atoms with E-state index in [0.29, 0.717) is 5.56 Å². The lowest BCUT2D eigenvalue weighted by Gasteiger charge is -2.48. The predicted molar refractivity (Wildman–Crippen MR) is 362 cm³/mol. The Kier molecular flexibility index (Phi) is 12.0. The molecule has 0 amide bonds. The zero-order valence-electron chi connectivity index (χ0n) is 55.7. The number of fused-ring (bicyclic) bond motifs is 6. The monoisotopic (exact) mass is 1100 g/mol. The Hall–Kier alpha value is -7.36. The first-order chi connectivity index (χ1) is 40.9. The van der Waals surface area contributed by atoms with Crippen molar-refractivity contribution in [3.8, 4) is 22.3 Å². The molecule has 0 saturated carbocycles. The molecule has 2 nitrogen and oxygen atoms in total. The second-order valence-corrected chi connectivity index (χ2v) is 30.1. The molecule has 424 valence electrons. The number of hydrogen-bond donors (Lipinski definition) is 0. The summed E-state index contributed by atoms with van der Waals surface area (Å²) in [6.45, 7) is 32.8. The van der Waals surface area contributed by atoms with Gasteiger partial charge in [0.1, 0.15) is 0 Å². The summed E-state index contributed by atoms with van der Waals surface area (Å²) in [5.74, 6) is 0. The summed E-state index contributed by atoms with van der Waals surface area (Å²) in [7, 11) is 0. The fourth-order valence-corrected chi connectivity index (χ4v) is 15.1. The van der Waals surface area contributed by atoms with Crippen LogP contribution in [0.3, 0.4) is 0 Å². The number of hydrogen-bond acceptors (Lipinski definition) is 2. The first-order valence-electron chi connectivity index (χ1n) is 32.6. The molecule has 0 spiro atoms. The van der Waals surface area contributed by atoms with E-state index in [1.165, 1.54) is 66.6 Å². The van der Waals surface area contributed by atoms with E-state index in [1.807, 2.05) is 12.1 Å². The van der Waals surface area contributed by atoms with Gasteiger partial charge < -0.3 is 9.80 Å². The van der Waals surface area contributed by atoms with E-state index in [4.69, 9.17) is 0 Å². The SMILES string of the molecule is [2H]C([2H])([2H])c1cc2c3c(c1)N(c1ccc(C(C)(C)c4ccccc4)cc1-c1ccc(-c4ccc(C(C)(C)C)cc4)cc1)c1cc(C(C)(C)c4ccccc4)ccc1B3c1cc3c(cc1N2c1ccc2c(c1)C(C)(C)CCC2(C)C)C(C)(C)CCC3(C)C. The van der Waals surface area contributed by atoms with Gasteiger partial charge in [-0.3, -0.25) is 0 Å². The van der Waals surface area contributed by atoms with Crippen LogP contribution in [0.25, 0.3) is 22.3 Å². The number of anilines is 6. The maximum absolute atomic E-state index is 9.50. The van der Waals surface area contributed by atoms with Gasteiger partial charge in [0.25, 0.3) is 6.71 Å². The van der Waals surface area contributed by atoms with Crippen LogP contribution in [-0.2, 0) is 37.9 Å². The molecular formula is C81H87BN2. The first-order valence-corrected chi connectivity index (χ1v) is 31.1. The minimum absolute atomic E-state index is 0.0169. The van der Waals surface area contributed by atoms with Crippen molar-refractivity contribution in [2.24, 2.45) is 0 Å². The molecule has 0 N–H and O–H groups in total. The maximum Gasteiger partial charge on any atom is 0.252 e. The van der Waals surface area contributed by atoms with E-state index in [-0.39, 0.29) is 44.6 Å². The fraction of sp³-hybridized carbons (Fsp3) is 0.333. The molecule has 4 aliphatic rings. The molecule has 0 radical (unpaired) electrons. The van der Waals surface area contributed by atoms with Crippen molar-refractivity contribution in [1.29, 1.82) is 0 Å². The molecule has 2 heterocycles. The number of rotatable bonds is 8. The summed E-state index contributed by atoms with van der Waals surface area (Å²) >= 11 is 0. The van der Waals surface area contributed by atoms with Crippen molar-refractivity contribution in [3.05, 3.63) is 244 Å². The second-order valence-electron chi connectivity index (χ2n) is 30.1. The lowest BCUT2D eigenvalue weighted by atomic mass is 9.33. The molecule has 3 heteroatoms. The zero-order valence-corrected chi connectivity index (χ0v) is 52.7. The Balaban J connectivity index is 1.14. The zero-order chi connectivity index (χ0) is 61.8. The van der Waals surface area contributed by atoms with Crippen LogP contribution in [0.5, 0.6) is 0 Å². The predicted octanol–water partition coefficient (Wildman–Crippen LogP) is 20.1. The second kappa shape index (κ2) is 19.3. The third kappa shape index (κ3) is 9.04. The standard InChI is InChI=1S/C81H87BN2/c1-52-45-72-74-73(46-52)84(69-40-36-59(80(13,14)57-23-19-17-20-24-57)47-62(69)55-29-27-53(28-30-55)54-31-33-56(34-32-54)75(2,3)4)70-48-60(81(15,16)58-25-21-18-22-26-58)35-39-67(70)82(74)68-50-65-66(79(11,12)44-43-78(65,9)10)51-71(68)83(72)61-37-38-63-64(49-61)77(7,8)42-41-76(63,5)6/h17-40,45-51H,41-44H2,1-16H3/i1D3. The Morgan fingerprint density at radius 2 is 0.833 bits per heavy atom. The Morgan fingerprint density at radius 3 is 1.39 bits per heavy atom. The lowest BCUT2D eigenvalue weighted by molar-refractivity contribution is 0.332. The first kappa shape index (κ1) is 52.2. The van der Waals surface area contributed by atoms with Crippen molar-refractivity contribution in [2.45, 2.75) is 174 Å². The van der Waals surface area contributed by atoms with Crippen molar-refractivity contribution >= 4 is 57.2 Å². The smallest absolute Gasteiger partial charge is 0.252 e. The molecule has 9 aromatic rings. The molecule has 9 aromatic carbocycles. The maximum atomic E-state index is 9.50. The average molecular weight is 1100 g/mol. The average Bonchev–Trinajstić information content (AvgIpc) is 0.723. The van der Waals surface area contributed by atoms with Gasteiger partial charge in [0, 0.05) is 48.9 Å². The molecule has 0 saturated heterocycles. The van der Waals surface area contributed by atoms with E-state index >= 15 is 0 Å². The summed E-state index contributed by atoms with van der Waals surface area (Å²) in [5.41, 5.74) is 25.3. The molecular weight excluding hydrogens is 1010 g/mol. The van der Waals surface area contributed by atoms with Crippen LogP contribution in [0.4, 0.5) is 34.1 Å². The Morgan fingerprint density at radius 1 is 0.369 bits per heavy atom. The largest absolute Gasteiger partial charge is 0.311 e. The molecule has 2 aliphatic heterocycles. The van der Waals surface area contributed by atoms with Crippen molar-refractivity contribution < 1.29 is 4.11 Å². The van der Waals surface area contributed by atoms with Gasteiger partial charge in [-0.25, -0.2) is 0 Å². The van der Waals surface area contributed by atoms with Gasteiger partial charge in [-0.15, -0.1) is 0 Å². The number of aryl methyl sites for hydroxylation is 1. The summed E-state index contributed by atoms with van der Waals surface area (Å²) in [5, 5.41) is 0. The van der Waals surface area contributed by atoms with Gasteiger partial charge in [-0.1, -0.05) is 243 Å². The van der Waals surface area contributed by atoms with Crippen LogP contribution in [-0.4, -0.2) is 6.71 Å². The lowest BCUT2D eigenvalue weighted by Crippen LogP contribution is -2.62. The third-order valence-electron chi connectivity index (χ3n) is 21.1. The number of nitrogens with zero attached hydrogens (tertiary/aromatic N) is 2. The molecule has 0 fully saturated rings. The summed E-state index contributed by atoms with van der Waals surface area (Å²) in [6, 6.07) is 70.7. The van der Waals surface area contributed by atoms with E-state index in [9.17, 15) is 4.11 Å². The Labute approximate surface area is 508 Å². The summed E-state index contributed by atoms with van der Waals surface area (Å²) in [6.07, 6.45) is 4.37. The molecule has 84 heavy (non-hydrogen) atoms. The normalized spacial score (nSPS) is 17.8. The molecule has 0 bridgehead atoms. The highest BCUT2D eigenvalue weighted by Gasteiger charge is 2.48. The highest BCUT2D eigenvalue weighted by molar-refractivity contribution is 7.00. The number of benzene rings is 9. The van der Waals surface area contributed by atoms with Gasteiger partial charge in [-0.2, -0.15) is 0 Å². The summed E-state index contributed by atoms with van der Waals surface area (Å²) < 4.78 is 28.5. The van der Waals surface area contributed by atoms with Gasteiger partial charge in [0.15, 0.2) is 0 Å². The summed E-state index contributed by atoms with van der Waals surface area (Å²) in [4.78, 5) is 4.97. The molecule has 2 aliphatic carbocycles. The van der Waals surface area contributed by atoms with Crippen LogP contribution in [0.2, 0.25) is 0 Å². The third-order valence-corrected chi connectivity index (χ3v) is 21.1. The van der Waals surface area contributed by atoms with Crippen LogP contribution < -0.4 is 26.2 Å². The van der Waals surface area contributed by atoms with Gasteiger partial charge in [0.05, 0.1) is 5.69 Å². The minimum Gasteiger partial charge on any atom is -0.311 e. The van der Waals surface area contributed by atoms with E-state index in [0.717, 1.165) is 82.0 Å². The van der Waals surface area contributed by atoms with E-state index in [1.54, 1.807) is 0 Å². The minimum atomic E-state index is -2.44.